The van der Waals surface area contributed by atoms with Gasteiger partial charge >= 0.3 is 0 Å². The molecule has 1 aliphatic carbocycles. The Morgan fingerprint density at radius 1 is 1.31 bits per heavy atom. The summed E-state index contributed by atoms with van der Waals surface area (Å²) in [7, 11) is 1.67. The quantitative estimate of drug-likeness (QED) is 0.774. The highest BCUT2D eigenvalue weighted by Crippen LogP contribution is 2.49. The van der Waals surface area contributed by atoms with Gasteiger partial charge in [0.2, 0.25) is 0 Å². The van der Waals surface area contributed by atoms with Gasteiger partial charge in [0.1, 0.15) is 5.75 Å². The zero-order chi connectivity index (χ0) is 11.2. The minimum absolute atomic E-state index is 0.661. The first-order chi connectivity index (χ1) is 7.72. The summed E-state index contributed by atoms with van der Waals surface area (Å²) in [5.74, 6) is 0.784. The smallest absolute Gasteiger partial charge is 0.143 e. The van der Waals surface area contributed by atoms with Gasteiger partial charge in [0, 0.05) is 30.3 Å². The maximum Gasteiger partial charge on any atom is 0.143 e. The first-order valence-corrected chi connectivity index (χ1v) is 5.91. The number of nitrogens with zero attached hydrogens (tertiary/aromatic N) is 1. The molecule has 2 fully saturated rings. The average molecular weight is 218 g/mol. The van der Waals surface area contributed by atoms with Gasteiger partial charge in [-0.3, -0.25) is 0 Å². The standard InChI is InChI=1S/C13H18N2O/c1-16-12-7-10(3-4-11(12)14)15-8-13(9-15)5-2-6-13/h3-4,7H,2,5-6,8-9,14H2,1H3. The summed E-state index contributed by atoms with van der Waals surface area (Å²) in [4.78, 5) is 2.42. The Balaban J connectivity index is 1.75. The molecule has 1 aromatic rings. The lowest BCUT2D eigenvalue weighted by Gasteiger charge is -2.57. The van der Waals surface area contributed by atoms with Crippen LogP contribution in [0.3, 0.4) is 0 Å². The lowest BCUT2D eigenvalue weighted by molar-refractivity contribution is 0.0904. The van der Waals surface area contributed by atoms with Crippen molar-refractivity contribution in [1.82, 2.24) is 0 Å². The van der Waals surface area contributed by atoms with Crippen LogP contribution in [0.4, 0.5) is 11.4 Å². The molecule has 86 valence electrons. The van der Waals surface area contributed by atoms with Crippen molar-refractivity contribution in [1.29, 1.82) is 0 Å². The van der Waals surface area contributed by atoms with E-state index in [-0.39, 0.29) is 0 Å². The molecule has 1 aromatic carbocycles. The number of methoxy groups -OCH3 is 1. The molecule has 0 radical (unpaired) electrons. The highest BCUT2D eigenvalue weighted by molar-refractivity contribution is 5.63. The van der Waals surface area contributed by atoms with Gasteiger partial charge in [-0.2, -0.15) is 0 Å². The van der Waals surface area contributed by atoms with Gasteiger partial charge in [0.15, 0.2) is 0 Å². The molecule has 0 amide bonds. The van der Waals surface area contributed by atoms with Crippen LogP contribution in [0.2, 0.25) is 0 Å². The second kappa shape index (κ2) is 3.30. The first-order valence-electron chi connectivity index (χ1n) is 5.91. The van der Waals surface area contributed by atoms with Gasteiger partial charge < -0.3 is 15.4 Å². The summed E-state index contributed by atoms with van der Waals surface area (Å²) in [5, 5.41) is 0. The minimum atomic E-state index is 0.661. The van der Waals surface area contributed by atoms with Gasteiger partial charge in [-0.25, -0.2) is 0 Å². The van der Waals surface area contributed by atoms with Crippen molar-refractivity contribution in [2.45, 2.75) is 19.3 Å². The number of ether oxygens (including phenoxy) is 1. The zero-order valence-electron chi connectivity index (χ0n) is 9.70. The van der Waals surface area contributed by atoms with E-state index in [0.717, 1.165) is 5.75 Å². The summed E-state index contributed by atoms with van der Waals surface area (Å²) < 4.78 is 5.25. The molecular formula is C13H18N2O. The van der Waals surface area contributed by atoms with E-state index in [9.17, 15) is 0 Å². The third kappa shape index (κ3) is 1.34. The van der Waals surface area contributed by atoms with Crippen molar-refractivity contribution in [3.8, 4) is 5.75 Å². The zero-order valence-corrected chi connectivity index (χ0v) is 9.70. The van der Waals surface area contributed by atoms with E-state index >= 15 is 0 Å². The van der Waals surface area contributed by atoms with Crippen molar-refractivity contribution in [2.24, 2.45) is 5.41 Å². The van der Waals surface area contributed by atoms with E-state index in [4.69, 9.17) is 10.5 Å². The second-order valence-corrected chi connectivity index (χ2v) is 5.14. The molecule has 1 saturated heterocycles. The van der Waals surface area contributed by atoms with Crippen LogP contribution < -0.4 is 15.4 Å². The minimum Gasteiger partial charge on any atom is -0.495 e. The van der Waals surface area contributed by atoms with Gasteiger partial charge in [0.05, 0.1) is 12.8 Å². The summed E-state index contributed by atoms with van der Waals surface area (Å²) in [6.07, 6.45) is 4.24. The number of anilines is 2. The van der Waals surface area contributed by atoms with Crippen molar-refractivity contribution in [2.75, 3.05) is 30.8 Å². The molecule has 1 aliphatic heterocycles. The van der Waals surface area contributed by atoms with Crippen molar-refractivity contribution in [3.05, 3.63) is 18.2 Å². The molecule has 2 aliphatic rings. The number of nitrogens with two attached hydrogens (primary N) is 1. The van der Waals surface area contributed by atoms with Crippen LogP contribution in [-0.4, -0.2) is 20.2 Å². The number of nitrogen functional groups attached to an aromatic ring is 1. The lowest BCUT2D eigenvalue weighted by atomic mass is 9.63. The van der Waals surface area contributed by atoms with Gasteiger partial charge in [-0.1, -0.05) is 6.42 Å². The number of benzene rings is 1. The summed E-state index contributed by atoms with van der Waals surface area (Å²) in [6.45, 7) is 2.42. The molecule has 3 heteroatoms. The lowest BCUT2D eigenvalue weighted by Crippen LogP contribution is -2.59. The highest BCUT2D eigenvalue weighted by Gasteiger charge is 2.47. The molecule has 1 heterocycles. The largest absolute Gasteiger partial charge is 0.495 e. The van der Waals surface area contributed by atoms with E-state index < -0.39 is 0 Å². The third-order valence-electron chi connectivity index (χ3n) is 4.05. The Morgan fingerprint density at radius 3 is 2.62 bits per heavy atom. The summed E-state index contributed by atoms with van der Waals surface area (Å²) in [6, 6.07) is 6.06. The molecule has 16 heavy (non-hydrogen) atoms. The topological polar surface area (TPSA) is 38.5 Å². The molecule has 2 N–H and O–H groups in total. The van der Waals surface area contributed by atoms with Crippen molar-refractivity contribution >= 4 is 11.4 Å². The molecule has 3 nitrogen and oxygen atoms in total. The Bertz CT molecular complexity index is 404. The highest BCUT2D eigenvalue weighted by atomic mass is 16.5. The number of rotatable bonds is 2. The van der Waals surface area contributed by atoms with E-state index in [2.05, 4.69) is 11.0 Å². The molecule has 1 saturated carbocycles. The second-order valence-electron chi connectivity index (χ2n) is 5.14. The Labute approximate surface area is 96.2 Å². The molecule has 0 aromatic heterocycles. The fourth-order valence-corrected chi connectivity index (χ4v) is 2.84. The van der Waals surface area contributed by atoms with Crippen LogP contribution in [0.15, 0.2) is 18.2 Å². The predicted octanol–water partition coefficient (Wildman–Crippen LogP) is 2.27. The summed E-state index contributed by atoms with van der Waals surface area (Å²) >= 11 is 0. The maximum absolute atomic E-state index is 5.81. The Kier molecular flexibility index (Phi) is 2.03. The normalized spacial score (nSPS) is 21.4. The first kappa shape index (κ1) is 9.82. The molecule has 0 atom stereocenters. The number of hydrogen-bond acceptors (Lipinski definition) is 3. The van der Waals surface area contributed by atoms with E-state index in [0.29, 0.717) is 11.1 Å². The molecule has 0 bridgehead atoms. The van der Waals surface area contributed by atoms with E-state index in [1.807, 2.05) is 12.1 Å². The van der Waals surface area contributed by atoms with E-state index in [1.165, 1.54) is 38.0 Å². The summed E-state index contributed by atoms with van der Waals surface area (Å²) in [5.41, 5.74) is 8.42. The molecule has 0 unspecified atom stereocenters. The van der Waals surface area contributed by atoms with Gasteiger partial charge in [-0.15, -0.1) is 0 Å². The predicted molar refractivity (Wildman–Crippen MR) is 65.9 cm³/mol. The van der Waals surface area contributed by atoms with Crippen LogP contribution in [0.1, 0.15) is 19.3 Å². The van der Waals surface area contributed by atoms with Crippen molar-refractivity contribution in [3.63, 3.8) is 0 Å². The molecular weight excluding hydrogens is 200 g/mol. The van der Waals surface area contributed by atoms with Gasteiger partial charge in [-0.05, 0) is 25.0 Å². The fraction of sp³-hybridized carbons (Fsp3) is 0.538. The Morgan fingerprint density at radius 2 is 2.06 bits per heavy atom. The molecule has 1 spiro atoms. The average Bonchev–Trinajstić information content (AvgIpc) is 2.16. The van der Waals surface area contributed by atoms with Crippen LogP contribution in [0.5, 0.6) is 5.75 Å². The third-order valence-corrected chi connectivity index (χ3v) is 4.05. The fourth-order valence-electron chi connectivity index (χ4n) is 2.84. The van der Waals surface area contributed by atoms with Crippen LogP contribution >= 0.6 is 0 Å². The van der Waals surface area contributed by atoms with Gasteiger partial charge in [0.25, 0.3) is 0 Å². The van der Waals surface area contributed by atoms with Crippen LogP contribution in [0.25, 0.3) is 0 Å². The van der Waals surface area contributed by atoms with Crippen LogP contribution in [0, 0.1) is 5.41 Å². The number of hydrogen-bond donors (Lipinski definition) is 1. The van der Waals surface area contributed by atoms with Crippen LogP contribution in [-0.2, 0) is 0 Å². The maximum atomic E-state index is 5.81. The molecule has 3 rings (SSSR count). The SMILES string of the molecule is COc1cc(N2CC3(CCC3)C2)ccc1N. The Hall–Kier alpha value is -1.38. The monoisotopic (exact) mass is 218 g/mol. The van der Waals surface area contributed by atoms with E-state index in [1.54, 1.807) is 7.11 Å². The van der Waals surface area contributed by atoms with Crippen molar-refractivity contribution < 1.29 is 4.74 Å².